The number of fused-ring (bicyclic) bond motifs is 3. The highest BCUT2D eigenvalue weighted by molar-refractivity contribution is 5.94. The first-order chi connectivity index (χ1) is 12.7. The number of rotatable bonds is 2. The Bertz CT molecular complexity index is 979. The molecule has 2 aliphatic rings. The number of likely N-dealkylation sites (tertiary alicyclic amines) is 1. The van der Waals surface area contributed by atoms with Gasteiger partial charge in [-0.2, -0.15) is 0 Å². The summed E-state index contributed by atoms with van der Waals surface area (Å²) in [5.74, 6) is 0.541. The summed E-state index contributed by atoms with van der Waals surface area (Å²) < 4.78 is 15.0. The zero-order chi connectivity index (χ0) is 17.7. The molecule has 0 N–H and O–H groups in total. The summed E-state index contributed by atoms with van der Waals surface area (Å²) in [6, 6.07) is 10.4. The Hall–Kier alpha value is -2.69. The predicted molar refractivity (Wildman–Crippen MR) is 97.4 cm³/mol. The highest BCUT2D eigenvalue weighted by atomic mass is 19.1. The van der Waals surface area contributed by atoms with Gasteiger partial charge in [0.1, 0.15) is 11.5 Å². The Morgan fingerprint density at radius 3 is 2.73 bits per heavy atom. The van der Waals surface area contributed by atoms with Gasteiger partial charge >= 0.3 is 0 Å². The molecule has 0 spiro atoms. The first kappa shape index (κ1) is 15.6. The van der Waals surface area contributed by atoms with E-state index in [1.54, 1.807) is 12.1 Å². The Balaban J connectivity index is 1.46. The minimum absolute atomic E-state index is 0.123. The van der Waals surface area contributed by atoms with Crippen molar-refractivity contribution in [1.29, 1.82) is 0 Å². The van der Waals surface area contributed by atoms with Crippen molar-refractivity contribution in [3.05, 3.63) is 60.2 Å². The van der Waals surface area contributed by atoms with Crippen LogP contribution in [0.3, 0.4) is 0 Å². The Labute approximate surface area is 151 Å². The molecule has 1 aliphatic carbocycles. The van der Waals surface area contributed by atoms with Crippen molar-refractivity contribution in [3.63, 3.8) is 0 Å². The number of imidazole rings is 1. The van der Waals surface area contributed by atoms with E-state index in [4.69, 9.17) is 0 Å². The zero-order valence-electron chi connectivity index (χ0n) is 14.4. The van der Waals surface area contributed by atoms with Crippen molar-refractivity contribution < 1.29 is 9.18 Å². The average molecular weight is 349 g/mol. The van der Waals surface area contributed by atoms with E-state index in [1.807, 2.05) is 28.9 Å². The lowest BCUT2D eigenvalue weighted by Crippen LogP contribution is -2.35. The van der Waals surface area contributed by atoms with Gasteiger partial charge in [0.05, 0.1) is 11.3 Å². The van der Waals surface area contributed by atoms with Gasteiger partial charge in [-0.25, -0.2) is 9.37 Å². The molecule has 0 radical (unpaired) electrons. The van der Waals surface area contributed by atoms with E-state index < -0.39 is 0 Å². The van der Waals surface area contributed by atoms with Gasteiger partial charge in [-0.15, -0.1) is 0 Å². The molecule has 3 heterocycles. The van der Waals surface area contributed by atoms with Gasteiger partial charge in [0.2, 0.25) is 0 Å². The molecule has 1 aromatic carbocycles. The summed E-state index contributed by atoms with van der Waals surface area (Å²) in [5.41, 5.74) is 3.11. The molecular formula is C21H20FN3O. The van der Waals surface area contributed by atoms with Crippen molar-refractivity contribution in [3.8, 4) is 11.3 Å². The molecule has 1 saturated carbocycles. The van der Waals surface area contributed by atoms with E-state index in [9.17, 15) is 9.18 Å². The summed E-state index contributed by atoms with van der Waals surface area (Å²) in [7, 11) is 0. The summed E-state index contributed by atoms with van der Waals surface area (Å²) in [5, 5.41) is 0. The molecule has 2 bridgehead atoms. The van der Waals surface area contributed by atoms with Crippen LogP contribution in [0.2, 0.25) is 0 Å². The molecule has 0 unspecified atom stereocenters. The molecule has 5 heteroatoms. The summed E-state index contributed by atoms with van der Waals surface area (Å²) >= 11 is 0. The number of carbonyl (C=O) groups excluding carboxylic acids is 1. The molecule has 132 valence electrons. The molecule has 1 aliphatic heterocycles. The maximum absolute atomic E-state index is 13.1. The third-order valence-electron chi connectivity index (χ3n) is 5.75. The molecule has 1 amide bonds. The molecule has 2 atom stereocenters. The fraction of sp³-hybridized carbons (Fsp3) is 0.333. The minimum atomic E-state index is -0.263. The van der Waals surface area contributed by atoms with Gasteiger partial charge < -0.3 is 9.30 Å². The monoisotopic (exact) mass is 349 g/mol. The van der Waals surface area contributed by atoms with Crippen LogP contribution in [0, 0.1) is 11.7 Å². The standard InChI is InChI=1S/C21H20FN3O/c22-17-7-4-15(5-8-17)19-13-24-12-16(6-9-20(24)23-19)21(26)25-11-14-2-1-3-18(25)10-14/h4-9,12-14,18H,1-3,10-11H2/t14-,18+/m1/s1. The van der Waals surface area contributed by atoms with Gasteiger partial charge in [0, 0.05) is 30.5 Å². The number of nitrogens with zero attached hydrogens (tertiary/aromatic N) is 3. The second kappa shape index (κ2) is 5.94. The van der Waals surface area contributed by atoms with Crippen LogP contribution in [0.1, 0.15) is 36.0 Å². The average Bonchev–Trinajstić information content (AvgIpc) is 3.21. The maximum atomic E-state index is 13.1. The number of aromatic nitrogens is 2. The van der Waals surface area contributed by atoms with E-state index >= 15 is 0 Å². The number of carbonyl (C=O) groups is 1. The van der Waals surface area contributed by atoms with Crippen LogP contribution >= 0.6 is 0 Å². The third kappa shape index (κ3) is 2.59. The molecule has 1 saturated heterocycles. The lowest BCUT2D eigenvalue weighted by atomic mass is 9.90. The third-order valence-corrected chi connectivity index (χ3v) is 5.75. The molecule has 5 rings (SSSR count). The first-order valence-corrected chi connectivity index (χ1v) is 9.23. The van der Waals surface area contributed by atoms with Crippen molar-refractivity contribution in [1.82, 2.24) is 14.3 Å². The van der Waals surface area contributed by atoms with Crippen LogP contribution in [0.15, 0.2) is 48.8 Å². The summed E-state index contributed by atoms with van der Waals surface area (Å²) in [6.07, 6.45) is 8.53. The summed E-state index contributed by atoms with van der Waals surface area (Å²) in [4.78, 5) is 19.6. The predicted octanol–water partition coefficient (Wildman–Crippen LogP) is 4.16. The molecule has 2 aromatic heterocycles. The quantitative estimate of drug-likeness (QED) is 0.697. The fourth-order valence-electron chi connectivity index (χ4n) is 4.43. The Morgan fingerprint density at radius 2 is 1.92 bits per heavy atom. The van der Waals surface area contributed by atoms with E-state index in [0.29, 0.717) is 17.5 Å². The maximum Gasteiger partial charge on any atom is 0.255 e. The van der Waals surface area contributed by atoms with Crippen molar-refractivity contribution in [2.45, 2.75) is 31.7 Å². The molecule has 26 heavy (non-hydrogen) atoms. The number of pyridine rings is 1. The second-order valence-electron chi connectivity index (χ2n) is 7.46. The van der Waals surface area contributed by atoms with Crippen molar-refractivity contribution >= 4 is 11.6 Å². The van der Waals surface area contributed by atoms with Gasteiger partial charge in [0.15, 0.2) is 0 Å². The number of halogens is 1. The smallest absolute Gasteiger partial charge is 0.255 e. The zero-order valence-corrected chi connectivity index (χ0v) is 14.4. The molecular weight excluding hydrogens is 329 g/mol. The first-order valence-electron chi connectivity index (χ1n) is 9.23. The van der Waals surface area contributed by atoms with E-state index in [-0.39, 0.29) is 11.7 Å². The van der Waals surface area contributed by atoms with Crippen LogP contribution in [0.5, 0.6) is 0 Å². The lowest BCUT2D eigenvalue weighted by molar-refractivity contribution is 0.0732. The van der Waals surface area contributed by atoms with Crippen LogP contribution in [0.4, 0.5) is 4.39 Å². The van der Waals surface area contributed by atoms with Crippen LogP contribution in [0.25, 0.3) is 16.9 Å². The van der Waals surface area contributed by atoms with Crippen molar-refractivity contribution in [2.24, 2.45) is 5.92 Å². The van der Waals surface area contributed by atoms with E-state index in [2.05, 4.69) is 9.88 Å². The number of benzene rings is 1. The van der Waals surface area contributed by atoms with E-state index in [0.717, 1.165) is 36.3 Å². The van der Waals surface area contributed by atoms with Gasteiger partial charge in [-0.05, 0) is 61.6 Å². The largest absolute Gasteiger partial charge is 0.335 e. The Morgan fingerprint density at radius 1 is 1.08 bits per heavy atom. The number of amides is 1. The molecule has 3 aromatic rings. The highest BCUT2D eigenvalue weighted by Gasteiger charge is 2.38. The summed E-state index contributed by atoms with van der Waals surface area (Å²) in [6.45, 7) is 0.895. The topological polar surface area (TPSA) is 37.6 Å². The van der Waals surface area contributed by atoms with Crippen LogP contribution < -0.4 is 0 Å². The van der Waals surface area contributed by atoms with Crippen LogP contribution in [-0.4, -0.2) is 32.8 Å². The number of hydrogen-bond donors (Lipinski definition) is 0. The minimum Gasteiger partial charge on any atom is -0.335 e. The van der Waals surface area contributed by atoms with Gasteiger partial charge in [-0.1, -0.05) is 6.42 Å². The molecule has 2 fully saturated rings. The Kier molecular flexibility index (Phi) is 3.55. The van der Waals surface area contributed by atoms with E-state index in [1.165, 1.54) is 25.0 Å². The molecule has 4 nitrogen and oxygen atoms in total. The highest BCUT2D eigenvalue weighted by Crippen LogP contribution is 2.36. The fourth-order valence-corrected chi connectivity index (χ4v) is 4.43. The van der Waals surface area contributed by atoms with Crippen molar-refractivity contribution in [2.75, 3.05) is 6.54 Å². The lowest BCUT2D eigenvalue weighted by Gasteiger charge is -2.24. The SMILES string of the molecule is O=C(c1ccc2nc(-c3ccc(F)cc3)cn2c1)N1C[C@@H]2CCC[C@H]1C2. The number of hydrogen-bond acceptors (Lipinski definition) is 2. The normalized spacial score (nSPS) is 22.1. The van der Waals surface area contributed by atoms with Crippen LogP contribution in [-0.2, 0) is 0 Å². The van der Waals surface area contributed by atoms with Gasteiger partial charge in [0.25, 0.3) is 5.91 Å². The second-order valence-corrected chi connectivity index (χ2v) is 7.46. The van der Waals surface area contributed by atoms with Gasteiger partial charge in [-0.3, -0.25) is 4.79 Å².